The molecule has 0 spiro atoms. The lowest BCUT2D eigenvalue weighted by Crippen LogP contribution is -2.41. The van der Waals surface area contributed by atoms with Crippen LogP contribution in [0.5, 0.6) is 5.75 Å². The lowest BCUT2D eigenvalue weighted by atomic mass is 10.2. The Kier molecular flexibility index (Phi) is 5.67. The van der Waals surface area contributed by atoms with Gasteiger partial charge in [-0.1, -0.05) is 18.2 Å². The summed E-state index contributed by atoms with van der Waals surface area (Å²) in [4.78, 5) is 23.8. The number of para-hydroxylation sites is 1. The number of hydrogen-bond acceptors (Lipinski definition) is 5. The van der Waals surface area contributed by atoms with Crippen molar-refractivity contribution in [3.05, 3.63) is 47.5 Å². The smallest absolute Gasteiger partial charge is 0.237 e. The van der Waals surface area contributed by atoms with Gasteiger partial charge in [0.2, 0.25) is 5.91 Å². The van der Waals surface area contributed by atoms with E-state index in [4.69, 9.17) is 4.74 Å². The number of carbonyl (C=O) groups is 1. The molecule has 1 aliphatic rings. The predicted molar refractivity (Wildman–Crippen MR) is 93.0 cm³/mol. The molecule has 0 saturated heterocycles. The van der Waals surface area contributed by atoms with Crippen LogP contribution in [0, 0.1) is 6.92 Å². The second-order valence-electron chi connectivity index (χ2n) is 6.18. The number of fused-ring (bicyclic) bond motifs is 1. The van der Waals surface area contributed by atoms with Crippen LogP contribution in [-0.2, 0) is 17.9 Å². The predicted octanol–water partition coefficient (Wildman–Crippen LogP) is 0.934. The van der Waals surface area contributed by atoms with Gasteiger partial charge in [0.1, 0.15) is 12.4 Å². The normalized spacial score (nSPS) is 14.5. The Labute approximate surface area is 147 Å². The molecule has 2 heterocycles. The molecule has 0 saturated carbocycles. The number of amides is 1. The quantitative estimate of drug-likeness (QED) is 0.815. The molecule has 0 radical (unpaired) electrons. The third kappa shape index (κ3) is 4.37. The van der Waals surface area contributed by atoms with E-state index in [1.165, 1.54) is 0 Å². The zero-order valence-electron chi connectivity index (χ0n) is 14.4. The average Bonchev–Trinajstić information content (AvgIpc) is 2.89. The van der Waals surface area contributed by atoms with E-state index < -0.39 is 0 Å². The third-order valence-corrected chi connectivity index (χ3v) is 4.39. The number of aliphatic hydroxyl groups excluding tert-OH is 1. The van der Waals surface area contributed by atoms with Gasteiger partial charge in [0.15, 0.2) is 0 Å². The fourth-order valence-electron chi connectivity index (χ4n) is 2.95. The minimum atomic E-state index is -0.0683. The van der Waals surface area contributed by atoms with Crippen LogP contribution in [0.4, 0.5) is 0 Å². The van der Waals surface area contributed by atoms with Crippen LogP contribution in [0.1, 0.15) is 17.0 Å². The van der Waals surface area contributed by atoms with Crippen molar-refractivity contribution in [1.29, 1.82) is 0 Å². The molecule has 7 heteroatoms. The van der Waals surface area contributed by atoms with Gasteiger partial charge in [-0.25, -0.2) is 4.98 Å². The summed E-state index contributed by atoms with van der Waals surface area (Å²) in [5, 5.41) is 9.31. The van der Waals surface area contributed by atoms with E-state index in [0.717, 1.165) is 22.7 Å². The van der Waals surface area contributed by atoms with Crippen LogP contribution in [0.25, 0.3) is 0 Å². The van der Waals surface area contributed by atoms with Gasteiger partial charge in [0.25, 0.3) is 0 Å². The Morgan fingerprint density at radius 3 is 3.04 bits per heavy atom. The highest BCUT2D eigenvalue weighted by atomic mass is 16.5. The summed E-state index contributed by atoms with van der Waals surface area (Å²) in [5.41, 5.74) is 2.85. The van der Waals surface area contributed by atoms with E-state index in [0.29, 0.717) is 39.3 Å². The first kappa shape index (κ1) is 17.4. The third-order valence-electron chi connectivity index (χ3n) is 4.39. The number of aromatic nitrogens is 2. The van der Waals surface area contributed by atoms with Gasteiger partial charge in [-0.2, -0.15) is 0 Å². The lowest BCUT2D eigenvalue weighted by Gasteiger charge is -2.25. The monoisotopic (exact) mass is 344 g/mol. The van der Waals surface area contributed by atoms with Crippen molar-refractivity contribution in [1.82, 2.24) is 19.8 Å². The number of imidazole rings is 1. The minimum Gasteiger partial charge on any atom is -0.492 e. The highest BCUT2D eigenvalue weighted by molar-refractivity contribution is 5.78. The minimum absolute atomic E-state index is 0.0177. The number of H-pyrrole nitrogens is 1. The second-order valence-corrected chi connectivity index (χ2v) is 6.18. The SMILES string of the molecule is Cc1[nH]cnc1CN(CCO)C(=O)CN1CCOc2ccccc2C1. The number of aryl methyl sites for hydroxylation is 1. The summed E-state index contributed by atoms with van der Waals surface area (Å²) in [7, 11) is 0. The molecule has 0 bridgehead atoms. The van der Waals surface area contributed by atoms with Gasteiger partial charge in [-0.05, 0) is 13.0 Å². The van der Waals surface area contributed by atoms with Crippen molar-refractivity contribution in [3.8, 4) is 5.75 Å². The fourth-order valence-corrected chi connectivity index (χ4v) is 2.95. The first-order chi connectivity index (χ1) is 12.2. The van der Waals surface area contributed by atoms with E-state index in [9.17, 15) is 9.90 Å². The summed E-state index contributed by atoms with van der Waals surface area (Å²) >= 11 is 0. The number of nitrogens with zero attached hydrogens (tertiary/aromatic N) is 3. The number of hydrogen-bond donors (Lipinski definition) is 2. The average molecular weight is 344 g/mol. The zero-order valence-corrected chi connectivity index (χ0v) is 14.4. The first-order valence-electron chi connectivity index (χ1n) is 8.48. The van der Waals surface area contributed by atoms with Crippen LogP contribution < -0.4 is 4.74 Å². The number of aromatic amines is 1. The van der Waals surface area contributed by atoms with Crippen LogP contribution in [0.3, 0.4) is 0 Å². The molecular weight excluding hydrogens is 320 g/mol. The highest BCUT2D eigenvalue weighted by Gasteiger charge is 2.21. The Hall–Kier alpha value is -2.38. The van der Waals surface area contributed by atoms with Gasteiger partial charge in [0.05, 0.1) is 31.7 Å². The van der Waals surface area contributed by atoms with Gasteiger partial charge >= 0.3 is 0 Å². The standard InChI is InChI=1S/C18H24N4O3/c1-14-16(20-13-19-14)11-22(6-8-23)18(24)12-21-7-9-25-17-5-3-2-4-15(17)10-21/h2-5,13,23H,6-12H2,1H3,(H,19,20). The van der Waals surface area contributed by atoms with E-state index in [1.807, 2.05) is 31.2 Å². The molecule has 134 valence electrons. The maximum atomic E-state index is 12.8. The maximum absolute atomic E-state index is 12.8. The summed E-state index contributed by atoms with van der Waals surface area (Å²) < 4.78 is 5.75. The van der Waals surface area contributed by atoms with Crippen molar-refractivity contribution in [2.75, 3.05) is 32.8 Å². The number of nitrogens with one attached hydrogen (secondary N) is 1. The van der Waals surface area contributed by atoms with Crippen molar-refractivity contribution in [3.63, 3.8) is 0 Å². The van der Waals surface area contributed by atoms with Gasteiger partial charge < -0.3 is 19.7 Å². The van der Waals surface area contributed by atoms with Crippen LogP contribution in [0.15, 0.2) is 30.6 Å². The van der Waals surface area contributed by atoms with Crippen LogP contribution >= 0.6 is 0 Å². The van der Waals surface area contributed by atoms with Gasteiger partial charge in [-0.3, -0.25) is 9.69 Å². The molecule has 1 aliphatic heterocycles. The second kappa shape index (κ2) is 8.13. The Balaban J connectivity index is 1.65. The zero-order chi connectivity index (χ0) is 17.6. The first-order valence-corrected chi connectivity index (χ1v) is 8.48. The van der Waals surface area contributed by atoms with Gasteiger partial charge in [0, 0.05) is 30.9 Å². The van der Waals surface area contributed by atoms with Gasteiger partial charge in [-0.15, -0.1) is 0 Å². The number of aliphatic hydroxyl groups is 1. The molecule has 2 N–H and O–H groups in total. The molecule has 3 rings (SSSR count). The van der Waals surface area contributed by atoms with E-state index in [2.05, 4.69) is 14.9 Å². The molecule has 0 unspecified atom stereocenters. The van der Waals surface area contributed by atoms with Crippen LogP contribution in [0.2, 0.25) is 0 Å². The molecule has 25 heavy (non-hydrogen) atoms. The van der Waals surface area contributed by atoms with E-state index in [1.54, 1.807) is 11.2 Å². The largest absolute Gasteiger partial charge is 0.492 e. The summed E-state index contributed by atoms with van der Waals surface area (Å²) in [6.45, 7) is 4.77. The number of rotatable bonds is 6. The maximum Gasteiger partial charge on any atom is 0.237 e. The number of benzene rings is 1. The van der Waals surface area contributed by atoms with Crippen molar-refractivity contribution in [2.45, 2.75) is 20.0 Å². The Morgan fingerprint density at radius 2 is 2.28 bits per heavy atom. The summed E-state index contributed by atoms with van der Waals surface area (Å²) in [6.07, 6.45) is 1.62. The summed E-state index contributed by atoms with van der Waals surface area (Å²) in [5.74, 6) is 0.868. The number of carbonyl (C=O) groups excluding carboxylic acids is 1. The Morgan fingerprint density at radius 1 is 1.44 bits per heavy atom. The molecule has 0 aliphatic carbocycles. The molecule has 2 aromatic rings. The Bertz CT molecular complexity index is 716. The topological polar surface area (TPSA) is 81.7 Å². The van der Waals surface area contributed by atoms with Crippen molar-refractivity contribution in [2.24, 2.45) is 0 Å². The molecular formula is C18H24N4O3. The van der Waals surface area contributed by atoms with E-state index >= 15 is 0 Å². The van der Waals surface area contributed by atoms with Crippen molar-refractivity contribution >= 4 is 5.91 Å². The highest BCUT2D eigenvalue weighted by Crippen LogP contribution is 2.22. The van der Waals surface area contributed by atoms with E-state index in [-0.39, 0.29) is 12.5 Å². The fraction of sp³-hybridized carbons (Fsp3) is 0.444. The molecule has 1 aromatic heterocycles. The summed E-state index contributed by atoms with van der Waals surface area (Å²) in [6, 6.07) is 7.91. The van der Waals surface area contributed by atoms with Crippen LogP contribution in [-0.4, -0.2) is 63.6 Å². The molecule has 0 fully saturated rings. The number of ether oxygens (including phenoxy) is 1. The van der Waals surface area contributed by atoms with Crippen molar-refractivity contribution < 1.29 is 14.6 Å². The molecule has 0 atom stereocenters. The lowest BCUT2D eigenvalue weighted by molar-refractivity contribution is -0.133. The molecule has 7 nitrogen and oxygen atoms in total. The molecule has 1 aromatic carbocycles. The molecule has 1 amide bonds.